The minimum absolute atomic E-state index is 0.524. The molecule has 1 atom stereocenters. The van der Waals surface area contributed by atoms with E-state index in [1.807, 2.05) is 19.2 Å². The summed E-state index contributed by atoms with van der Waals surface area (Å²) in [5.41, 5.74) is 4.76. The van der Waals surface area contributed by atoms with Crippen molar-refractivity contribution >= 4 is 20.3 Å². The Balaban J connectivity index is 2.36. The molecule has 2 aromatic rings. The van der Waals surface area contributed by atoms with Crippen molar-refractivity contribution in [1.82, 2.24) is 10.3 Å². The van der Waals surface area contributed by atoms with Crippen LogP contribution in [-0.4, -0.2) is 17.7 Å². The normalized spacial score (nSPS) is 11.8. The van der Waals surface area contributed by atoms with Crippen molar-refractivity contribution in [1.29, 1.82) is 5.41 Å². The van der Waals surface area contributed by atoms with Crippen LogP contribution in [0, 0.1) is 5.41 Å². The predicted molar refractivity (Wildman–Crippen MR) is 88.8 cm³/mol. The van der Waals surface area contributed by atoms with Gasteiger partial charge in [0.05, 0.1) is 11.4 Å². The third-order valence-electron chi connectivity index (χ3n) is 3.10. The second-order valence-electron chi connectivity index (χ2n) is 4.48. The topological polar surface area (TPSA) is 48.8 Å². The summed E-state index contributed by atoms with van der Waals surface area (Å²) < 4.78 is 0. The van der Waals surface area contributed by atoms with Crippen LogP contribution in [0.4, 0.5) is 0 Å². The van der Waals surface area contributed by atoms with Gasteiger partial charge in [0.2, 0.25) is 0 Å². The number of allylic oxidation sites excluding steroid dienone is 1. The highest BCUT2D eigenvalue weighted by molar-refractivity contribution is 7.31. The Bertz CT molecular complexity index is 631. The van der Waals surface area contributed by atoms with Crippen LogP contribution in [0.1, 0.15) is 12.5 Å². The summed E-state index contributed by atoms with van der Waals surface area (Å²) in [4.78, 5) is 4.03. The average Bonchev–Trinajstić information content (AvgIpc) is 2.48. The Labute approximate surface area is 121 Å². The molecule has 0 aliphatic heterocycles. The Morgan fingerprint density at radius 1 is 1.05 bits per heavy atom. The van der Waals surface area contributed by atoms with Crippen LogP contribution in [0.5, 0.6) is 0 Å². The Hall–Kier alpha value is -1.99. The second kappa shape index (κ2) is 6.44. The molecule has 3 nitrogen and oxygen atoms in total. The van der Waals surface area contributed by atoms with Crippen LogP contribution in [0.15, 0.2) is 54.5 Å². The van der Waals surface area contributed by atoms with Gasteiger partial charge >= 0.3 is 0 Å². The van der Waals surface area contributed by atoms with Crippen molar-refractivity contribution < 1.29 is 0 Å². The van der Waals surface area contributed by atoms with Crippen LogP contribution >= 0.6 is 9.24 Å². The standard InChI is InChI=1S/C16H18N3P/c1-11(17)15(18-2)16(20)14-5-3-12(4-6-14)13-7-9-19-10-8-13/h3-10,17-18H,20H2,1-2H3/b16-15+,17-11?. The lowest BCUT2D eigenvalue weighted by Gasteiger charge is -2.11. The summed E-state index contributed by atoms with van der Waals surface area (Å²) in [5.74, 6) is 0. The molecule has 0 bridgehead atoms. The third-order valence-corrected chi connectivity index (χ3v) is 3.73. The maximum Gasteiger partial charge on any atom is 0.0624 e. The summed E-state index contributed by atoms with van der Waals surface area (Å²) in [6.07, 6.45) is 3.59. The van der Waals surface area contributed by atoms with Crippen LogP contribution in [-0.2, 0) is 0 Å². The molecule has 0 radical (unpaired) electrons. The van der Waals surface area contributed by atoms with E-state index in [4.69, 9.17) is 5.41 Å². The molecule has 0 spiro atoms. The van der Waals surface area contributed by atoms with E-state index in [1.54, 1.807) is 19.3 Å². The lowest BCUT2D eigenvalue weighted by Crippen LogP contribution is -2.13. The van der Waals surface area contributed by atoms with Gasteiger partial charge in [-0.15, -0.1) is 9.24 Å². The number of nitrogens with zero attached hydrogens (tertiary/aromatic N) is 1. The van der Waals surface area contributed by atoms with Gasteiger partial charge in [-0.2, -0.15) is 0 Å². The minimum Gasteiger partial charge on any atom is -0.386 e. The lowest BCUT2D eigenvalue weighted by atomic mass is 10.0. The Kier molecular flexibility index (Phi) is 4.65. The van der Waals surface area contributed by atoms with Gasteiger partial charge in [0.15, 0.2) is 0 Å². The summed E-state index contributed by atoms with van der Waals surface area (Å²) in [6, 6.07) is 12.3. The number of benzene rings is 1. The van der Waals surface area contributed by atoms with E-state index in [0.29, 0.717) is 5.71 Å². The Morgan fingerprint density at radius 3 is 2.10 bits per heavy atom. The zero-order valence-corrected chi connectivity index (χ0v) is 12.8. The largest absolute Gasteiger partial charge is 0.386 e. The predicted octanol–water partition coefficient (Wildman–Crippen LogP) is 3.55. The number of pyridine rings is 1. The van der Waals surface area contributed by atoms with Crippen LogP contribution in [0.3, 0.4) is 0 Å². The van der Waals surface area contributed by atoms with Crippen molar-refractivity contribution in [3.05, 3.63) is 60.1 Å². The van der Waals surface area contributed by atoms with Crippen molar-refractivity contribution in [2.24, 2.45) is 0 Å². The molecule has 1 aromatic heterocycles. The fraction of sp³-hybridized carbons (Fsp3) is 0.125. The van der Waals surface area contributed by atoms with Gasteiger partial charge in [0.1, 0.15) is 0 Å². The monoisotopic (exact) mass is 283 g/mol. The van der Waals surface area contributed by atoms with E-state index in [0.717, 1.165) is 27.7 Å². The second-order valence-corrected chi connectivity index (χ2v) is 5.05. The molecule has 1 heterocycles. The molecule has 0 saturated heterocycles. The van der Waals surface area contributed by atoms with E-state index >= 15 is 0 Å². The summed E-state index contributed by atoms with van der Waals surface area (Å²) in [5, 5.41) is 11.8. The molecule has 4 heteroatoms. The molecular formula is C16H18N3P. The maximum absolute atomic E-state index is 7.77. The molecular weight excluding hydrogens is 265 g/mol. The minimum atomic E-state index is 0.524. The molecule has 20 heavy (non-hydrogen) atoms. The molecule has 0 aliphatic carbocycles. The van der Waals surface area contributed by atoms with Gasteiger partial charge < -0.3 is 10.7 Å². The number of hydrogen-bond donors (Lipinski definition) is 2. The van der Waals surface area contributed by atoms with Gasteiger partial charge in [0, 0.05) is 24.8 Å². The molecule has 102 valence electrons. The number of rotatable bonds is 4. The zero-order chi connectivity index (χ0) is 14.5. The molecule has 2 N–H and O–H groups in total. The highest BCUT2D eigenvalue weighted by Gasteiger charge is 2.06. The maximum atomic E-state index is 7.77. The van der Waals surface area contributed by atoms with Gasteiger partial charge in [-0.3, -0.25) is 4.98 Å². The van der Waals surface area contributed by atoms with E-state index in [1.165, 1.54) is 0 Å². The number of nitrogens with one attached hydrogen (secondary N) is 2. The van der Waals surface area contributed by atoms with Crippen LogP contribution in [0.2, 0.25) is 0 Å². The first-order chi connectivity index (χ1) is 9.63. The molecule has 1 unspecified atom stereocenters. The first-order valence-electron chi connectivity index (χ1n) is 6.37. The first-order valence-corrected chi connectivity index (χ1v) is 6.95. The van der Waals surface area contributed by atoms with Gasteiger partial charge in [0.25, 0.3) is 0 Å². The Morgan fingerprint density at radius 2 is 1.60 bits per heavy atom. The molecule has 0 aliphatic rings. The summed E-state index contributed by atoms with van der Waals surface area (Å²) >= 11 is 0. The van der Waals surface area contributed by atoms with Gasteiger partial charge in [-0.1, -0.05) is 24.3 Å². The van der Waals surface area contributed by atoms with E-state index in [-0.39, 0.29) is 0 Å². The van der Waals surface area contributed by atoms with Crippen LogP contribution in [0.25, 0.3) is 16.4 Å². The quantitative estimate of drug-likeness (QED) is 0.666. The average molecular weight is 283 g/mol. The van der Waals surface area contributed by atoms with E-state index in [2.05, 4.69) is 43.8 Å². The third kappa shape index (κ3) is 3.12. The zero-order valence-electron chi connectivity index (χ0n) is 11.6. The van der Waals surface area contributed by atoms with Crippen LogP contribution < -0.4 is 5.32 Å². The molecule has 2 rings (SSSR count). The molecule has 1 aromatic carbocycles. The van der Waals surface area contributed by atoms with Gasteiger partial charge in [-0.05, 0) is 35.7 Å². The molecule has 0 fully saturated rings. The fourth-order valence-corrected chi connectivity index (χ4v) is 2.61. The number of aromatic nitrogens is 1. The van der Waals surface area contributed by atoms with Crippen molar-refractivity contribution in [2.75, 3.05) is 7.05 Å². The van der Waals surface area contributed by atoms with Crippen molar-refractivity contribution in [3.63, 3.8) is 0 Å². The SMILES string of the molecule is CN/C(C(C)=N)=C(/P)c1ccc(-c2ccncc2)cc1. The fourth-order valence-electron chi connectivity index (χ4n) is 2.06. The van der Waals surface area contributed by atoms with Crippen molar-refractivity contribution in [3.8, 4) is 11.1 Å². The summed E-state index contributed by atoms with van der Waals surface area (Å²) in [6.45, 7) is 1.78. The highest BCUT2D eigenvalue weighted by Crippen LogP contribution is 2.27. The van der Waals surface area contributed by atoms with E-state index < -0.39 is 0 Å². The molecule has 0 saturated carbocycles. The lowest BCUT2D eigenvalue weighted by molar-refractivity contribution is 1.05. The number of hydrogen-bond acceptors (Lipinski definition) is 3. The molecule has 0 amide bonds. The first kappa shape index (κ1) is 14.4. The summed E-state index contributed by atoms with van der Waals surface area (Å²) in [7, 11) is 4.55. The van der Waals surface area contributed by atoms with Crippen molar-refractivity contribution in [2.45, 2.75) is 6.92 Å². The highest BCUT2D eigenvalue weighted by atomic mass is 31.0. The van der Waals surface area contributed by atoms with E-state index in [9.17, 15) is 0 Å². The van der Waals surface area contributed by atoms with Gasteiger partial charge in [-0.25, -0.2) is 0 Å². The smallest absolute Gasteiger partial charge is 0.0624 e.